The van der Waals surface area contributed by atoms with Gasteiger partial charge in [0.15, 0.2) is 0 Å². The van der Waals surface area contributed by atoms with E-state index in [0.717, 1.165) is 29.8 Å². The molecule has 1 aliphatic carbocycles. The fourth-order valence-corrected chi connectivity index (χ4v) is 3.06. The normalized spacial score (nSPS) is 22.3. The summed E-state index contributed by atoms with van der Waals surface area (Å²) in [6.45, 7) is 4.64. The van der Waals surface area contributed by atoms with Gasteiger partial charge in [0.1, 0.15) is 11.9 Å². The Morgan fingerprint density at radius 2 is 2.10 bits per heavy atom. The monoisotopic (exact) mass is 274 g/mol. The Hall–Kier alpha value is -1.71. The first-order chi connectivity index (χ1) is 9.63. The molecule has 108 valence electrons. The highest BCUT2D eigenvalue weighted by molar-refractivity contribution is 5.94. The Kier molecular flexibility index (Phi) is 3.55. The molecule has 4 heteroatoms. The first kappa shape index (κ1) is 13.3. The van der Waals surface area contributed by atoms with Crippen molar-refractivity contribution < 1.29 is 9.53 Å². The van der Waals surface area contributed by atoms with Crippen LogP contribution < -0.4 is 15.0 Å². The molecule has 1 heterocycles. The average Bonchev–Trinajstić information content (AvgIpc) is 2.91. The lowest BCUT2D eigenvalue weighted by molar-refractivity contribution is 0.204. The quantitative estimate of drug-likeness (QED) is 0.854. The highest BCUT2D eigenvalue weighted by Gasteiger charge is 2.29. The molecule has 0 radical (unpaired) electrons. The fourth-order valence-electron chi connectivity index (χ4n) is 3.06. The van der Waals surface area contributed by atoms with E-state index in [9.17, 15) is 4.79 Å². The topological polar surface area (TPSA) is 41.6 Å². The van der Waals surface area contributed by atoms with Gasteiger partial charge in [0, 0.05) is 6.04 Å². The SMILES string of the molecule is Cc1ccc2c(c1)N(C(=O)NC1CCCC1)C[C@H](C)O2. The van der Waals surface area contributed by atoms with Crippen molar-refractivity contribution in [2.45, 2.75) is 51.7 Å². The number of hydrogen-bond donors (Lipinski definition) is 1. The van der Waals surface area contributed by atoms with Crippen LogP contribution in [0.25, 0.3) is 0 Å². The van der Waals surface area contributed by atoms with Gasteiger partial charge in [-0.1, -0.05) is 18.9 Å². The van der Waals surface area contributed by atoms with Crippen LogP contribution in [0.15, 0.2) is 18.2 Å². The van der Waals surface area contributed by atoms with Gasteiger partial charge in [0.05, 0.1) is 12.2 Å². The number of benzene rings is 1. The minimum atomic E-state index is 0.0129. The number of nitrogens with zero attached hydrogens (tertiary/aromatic N) is 1. The minimum absolute atomic E-state index is 0.0129. The summed E-state index contributed by atoms with van der Waals surface area (Å²) < 4.78 is 5.82. The summed E-state index contributed by atoms with van der Waals surface area (Å²) in [6.07, 6.45) is 4.68. The number of carbonyl (C=O) groups is 1. The summed E-state index contributed by atoms with van der Waals surface area (Å²) in [6, 6.07) is 6.35. The standard InChI is InChI=1S/C16H22N2O2/c1-11-7-8-15-14(9-11)18(10-12(2)20-15)16(19)17-13-5-3-4-6-13/h7-9,12-13H,3-6,10H2,1-2H3,(H,17,19)/t12-/m0/s1. The van der Waals surface area contributed by atoms with E-state index in [1.54, 1.807) is 0 Å². The molecule has 1 aliphatic heterocycles. The number of ether oxygens (including phenoxy) is 1. The summed E-state index contributed by atoms with van der Waals surface area (Å²) in [4.78, 5) is 14.4. The third-order valence-corrected chi connectivity index (χ3v) is 4.10. The molecule has 1 aromatic carbocycles. The van der Waals surface area contributed by atoms with Crippen molar-refractivity contribution in [3.63, 3.8) is 0 Å². The van der Waals surface area contributed by atoms with E-state index in [4.69, 9.17) is 4.74 Å². The van der Waals surface area contributed by atoms with E-state index in [1.807, 2.05) is 36.9 Å². The Bertz CT molecular complexity index is 509. The van der Waals surface area contributed by atoms with Crippen molar-refractivity contribution in [1.29, 1.82) is 0 Å². The number of amides is 2. The molecule has 1 aromatic rings. The predicted octanol–water partition coefficient (Wildman–Crippen LogP) is 3.23. The van der Waals surface area contributed by atoms with Crippen LogP contribution in [-0.2, 0) is 0 Å². The largest absolute Gasteiger partial charge is 0.487 e. The number of fused-ring (bicyclic) bond motifs is 1. The van der Waals surface area contributed by atoms with Crippen molar-refractivity contribution in [2.24, 2.45) is 0 Å². The first-order valence-electron chi connectivity index (χ1n) is 7.49. The molecular formula is C16H22N2O2. The van der Waals surface area contributed by atoms with Gasteiger partial charge in [-0.2, -0.15) is 0 Å². The van der Waals surface area contributed by atoms with Crippen molar-refractivity contribution in [1.82, 2.24) is 5.32 Å². The molecule has 0 saturated heterocycles. The second kappa shape index (κ2) is 5.35. The highest BCUT2D eigenvalue weighted by atomic mass is 16.5. The number of nitrogens with one attached hydrogen (secondary N) is 1. The molecule has 20 heavy (non-hydrogen) atoms. The van der Waals surface area contributed by atoms with Gasteiger partial charge in [0.2, 0.25) is 0 Å². The lowest BCUT2D eigenvalue weighted by atomic mass is 10.1. The van der Waals surface area contributed by atoms with Crippen molar-refractivity contribution >= 4 is 11.7 Å². The average molecular weight is 274 g/mol. The van der Waals surface area contributed by atoms with Crippen LogP contribution in [0.5, 0.6) is 5.75 Å². The van der Waals surface area contributed by atoms with Gasteiger partial charge >= 0.3 is 6.03 Å². The van der Waals surface area contributed by atoms with Gasteiger partial charge in [0.25, 0.3) is 0 Å². The lowest BCUT2D eigenvalue weighted by Crippen LogP contribution is -2.49. The van der Waals surface area contributed by atoms with Crippen LogP contribution >= 0.6 is 0 Å². The van der Waals surface area contributed by atoms with Crippen LogP contribution in [0.4, 0.5) is 10.5 Å². The van der Waals surface area contributed by atoms with Gasteiger partial charge in [-0.3, -0.25) is 4.90 Å². The molecule has 2 aliphatic rings. The molecule has 1 N–H and O–H groups in total. The predicted molar refractivity (Wildman–Crippen MR) is 79.4 cm³/mol. The van der Waals surface area contributed by atoms with Crippen LogP contribution in [-0.4, -0.2) is 24.7 Å². The number of rotatable bonds is 1. The zero-order valence-corrected chi connectivity index (χ0v) is 12.2. The third-order valence-electron chi connectivity index (χ3n) is 4.10. The van der Waals surface area contributed by atoms with Crippen molar-refractivity contribution in [2.75, 3.05) is 11.4 Å². The van der Waals surface area contributed by atoms with Crippen LogP contribution in [0.2, 0.25) is 0 Å². The Labute approximate surface area is 120 Å². The molecule has 0 bridgehead atoms. The minimum Gasteiger partial charge on any atom is -0.487 e. The second-order valence-electron chi connectivity index (χ2n) is 5.94. The van der Waals surface area contributed by atoms with Crippen LogP contribution in [0.3, 0.4) is 0 Å². The van der Waals surface area contributed by atoms with Gasteiger partial charge < -0.3 is 10.1 Å². The van der Waals surface area contributed by atoms with E-state index in [-0.39, 0.29) is 12.1 Å². The smallest absolute Gasteiger partial charge is 0.322 e. The zero-order valence-electron chi connectivity index (χ0n) is 12.2. The van der Waals surface area contributed by atoms with E-state index in [2.05, 4.69) is 5.32 Å². The van der Waals surface area contributed by atoms with E-state index >= 15 is 0 Å². The molecule has 2 amide bonds. The maximum absolute atomic E-state index is 12.5. The molecule has 1 saturated carbocycles. The fraction of sp³-hybridized carbons (Fsp3) is 0.562. The second-order valence-corrected chi connectivity index (χ2v) is 5.94. The van der Waals surface area contributed by atoms with E-state index in [0.29, 0.717) is 12.6 Å². The number of urea groups is 1. The number of carbonyl (C=O) groups excluding carboxylic acids is 1. The molecule has 0 unspecified atom stereocenters. The van der Waals surface area contributed by atoms with Gasteiger partial charge in [-0.05, 0) is 44.4 Å². The number of aryl methyl sites for hydroxylation is 1. The molecule has 0 aromatic heterocycles. The molecule has 1 fully saturated rings. The summed E-state index contributed by atoms with van der Waals surface area (Å²) in [5.74, 6) is 0.802. The van der Waals surface area contributed by atoms with Gasteiger partial charge in [-0.25, -0.2) is 4.79 Å². The Morgan fingerprint density at radius 3 is 2.85 bits per heavy atom. The van der Waals surface area contributed by atoms with E-state index < -0.39 is 0 Å². The highest BCUT2D eigenvalue weighted by Crippen LogP contribution is 2.34. The third kappa shape index (κ3) is 2.60. The van der Waals surface area contributed by atoms with Gasteiger partial charge in [-0.15, -0.1) is 0 Å². The first-order valence-corrected chi connectivity index (χ1v) is 7.49. The van der Waals surface area contributed by atoms with Crippen LogP contribution in [0, 0.1) is 6.92 Å². The molecule has 1 atom stereocenters. The van der Waals surface area contributed by atoms with Crippen molar-refractivity contribution in [3.05, 3.63) is 23.8 Å². The van der Waals surface area contributed by atoms with E-state index in [1.165, 1.54) is 12.8 Å². The number of anilines is 1. The van der Waals surface area contributed by atoms with Crippen LogP contribution in [0.1, 0.15) is 38.2 Å². The number of hydrogen-bond acceptors (Lipinski definition) is 2. The van der Waals surface area contributed by atoms with Crippen molar-refractivity contribution in [3.8, 4) is 5.75 Å². The summed E-state index contributed by atoms with van der Waals surface area (Å²) in [7, 11) is 0. The summed E-state index contributed by atoms with van der Waals surface area (Å²) in [5, 5.41) is 3.16. The Balaban J connectivity index is 1.81. The maximum atomic E-state index is 12.5. The Morgan fingerprint density at radius 1 is 1.35 bits per heavy atom. The summed E-state index contributed by atoms with van der Waals surface area (Å²) >= 11 is 0. The lowest BCUT2D eigenvalue weighted by Gasteiger charge is -2.34. The molecule has 3 rings (SSSR count). The maximum Gasteiger partial charge on any atom is 0.322 e. The molecule has 4 nitrogen and oxygen atoms in total. The summed E-state index contributed by atoms with van der Waals surface area (Å²) in [5.41, 5.74) is 2.03. The molecule has 0 spiro atoms. The zero-order chi connectivity index (χ0) is 14.1. The molecular weight excluding hydrogens is 252 g/mol.